The van der Waals surface area contributed by atoms with Crippen LogP contribution in [0.3, 0.4) is 0 Å². The summed E-state index contributed by atoms with van der Waals surface area (Å²) in [6.07, 6.45) is 0.948. The van der Waals surface area contributed by atoms with Gasteiger partial charge in [0.25, 0.3) is 5.91 Å². The zero-order valence-electron chi connectivity index (χ0n) is 12.0. The average Bonchev–Trinajstić information content (AvgIpc) is 2.46. The van der Waals surface area contributed by atoms with E-state index in [1.54, 1.807) is 0 Å². The van der Waals surface area contributed by atoms with Gasteiger partial charge in [-0.1, -0.05) is 31.2 Å². The maximum absolute atomic E-state index is 13.1. The monoisotopic (exact) mass is 289 g/mol. The number of amides is 1. The first-order valence-electron chi connectivity index (χ1n) is 6.85. The van der Waals surface area contributed by atoms with Gasteiger partial charge in [0.15, 0.2) is 0 Å². The van der Waals surface area contributed by atoms with E-state index in [1.807, 2.05) is 31.2 Å². The van der Waals surface area contributed by atoms with Gasteiger partial charge in [0, 0.05) is 11.6 Å². The summed E-state index contributed by atoms with van der Waals surface area (Å²) in [7, 11) is 0. The van der Waals surface area contributed by atoms with Crippen molar-refractivity contribution in [1.82, 2.24) is 5.32 Å². The number of hydrogen-bond donors (Lipinski definition) is 1. The molecule has 0 saturated heterocycles. The number of aryl methyl sites for hydroxylation is 1. The normalized spacial score (nSPS) is 12.0. The van der Waals surface area contributed by atoms with Crippen molar-refractivity contribution in [3.05, 3.63) is 70.8 Å². The number of rotatable bonds is 4. The second-order valence-corrected chi connectivity index (χ2v) is 4.95. The second kappa shape index (κ2) is 6.48. The predicted molar refractivity (Wildman–Crippen MR) is 78.1 cm³/mol. The molecule has 0 unspecified atom stereocenters. The van der Waals surface area contributed by atoms with E-state index >= 15 is 0 Å². The number of carbonyl (C=O) groups is 1. The molecule has 4 heteroatoms. The van der Waals surface area contributed by atoms with Gasteiger partial charge >= 0.3 is 0 Å². The fourth-order valence-electron chi connectivity index (χ4n) is 2.09. The lowest BCUT2D eigenvalue weighted by Gasteiger charge is -2.15. The molecule has 0 heterocycles. The molecule has 0 bridgehead atoms. The van der Waals surface area contributed by atoms with Crippen LogP contribution < -0.4 is 5.32 Å². The van der Waals surface area contributed by atoms with Crippen molar-refractivity contribution in [3.63, 3.8) is 0 Å². The standard InChI is InChI=1S/C17H17F2NO/c1-3-12-4-6-13(7-5-12)11(2)20-17(21)14-8-15(18)10-16(19)9-14/h4-11H,3H2,1-2H3,(H,20,21)/t11-/m1/s1. The third-order valence-corrected chi connectivity index (χ3v) is 3.36. The number of nitrogens with one attached hydrogen (secondary N) is 1. The van der Waals surface area contributed by atoms with Gasteiger partial charge in [-0.3, -0.25) is 4.79 Å². The molecule has 21 heavy (non-hydrogen) atoms. The predicted octanol–water partition coefficient (Wildman–Crippen LogP) is 4.02. The molecule has 0 saturated carbocycles. The molecule has 2 nitrogen and oxygen atoms in total. The van der Waals surface area contributed by atoms with E-state index in [0.29, 0.717) is 0 Å². The Hall–Kier alpha value is -2.23. The van der Waals surface area contributed by atoms with Crippen LogP contribution in [0.5, 0.6) is 0 Å². The van der Waals surface area contributed by atoms with Crippen molar-refractivity contribution < 1.29 is 13.6 Å². The summed E-state index contributed by atoms with van der Waals surface area (Å²) in [5.74, 6) is -2.03. The molecule has 0 aliphatic heterocycles. The van der Waals surface area contributed by atoms with Gasteiger partial charge in [-0.2, -0.15) is 0 Å². The Labute approximate surface area is 122 Å². The maximum Gasteiger partial charge on any atom is 0.251 e. The van der Waals surface area contributed by atoms with Gasteiger partial charge in [-0.25, -0.2) is 8.78 Å². The first-order valence-corrected chi connectivity index (χ1v) is 6.85. The zero-order chi connectivity index (χ0) is 15.4. The van der Waals surface area contributed by atoms with E-state index in [-0.39, 0.29) is 11.6 Å². The van der Waals surface area contributed by atoms with Crippen LogP contribution in [-0.2, 0) is 6.42 Å². The summed E-state index contributed by atoms with van der Waals surface area (Å²) >= 11 is 0. The first-order chi connectivity index (χ1) is 9.99. The molecule has 0 aromatic heterocycles. The Morgan fingerprint density at radius 1 is 1.10 bits per heavy atom. The molecule has 2 aromatic rings. The third kappa shape index (κ3) is 3.88. The van der Waals surface area contributed by atoms with Crippen molar-refractivity contribution in [2.75, 3.05) is 0 Å². The molecule has 0 radical (unpaired) electrons. The molecular weight excluding hydrogens is 272 g/mol. The van der Waals surface area contributed by atoms with Crippen LogP contribution in [-0.4, -0.2) is 5.91 Å². The molecule has 1 atom stereocenters. The molecule has 2 rings (SSSR count). The summed E-state index contributed by atoms with van der Waals surface area (Å²) in [6, 6.07) is 10.4. The minimum Gasteiger partial charge on any atom is -0.346 e. The van der Waals surface area contributed by atoms with E-state index in [4.69, 9.17) is 0 Å². The highest BCUT2D eigenvalue weighted by molar-refractivity contribution is 5.94. The van der Waals surface area contributed by atoms with Crippen molar-refractivity contribution in [2.24, 2.45) is 0 Å². The van der Waals surface area contributed by atoms with Crippen LogP contribution in [0.25, 0.3) is 0 Å². The van der Waals surface area contributed by atoms with E-state index in [2.05, 4.69) is 12.2 Å². The minimum atomic E-state index is -0.764. The molecule has 0 aliphatic rings. The van der Waals surface area contributed by atoms with E-state index in [0.717, 1.165) is 30.2 Å². The lowest BCUT2D eigenvalue weighted by Crippen LogP contribution is -2.26. The zero-order valence-corrected chi connectivity index (χ0v) is 12.0. The SMILES string of the molecule is CCc1ccc([C@@H](C)NC(=O)c2cc(F)cc(F)c2)cc1. The van der Waals surface area contributed by atoms with Crippen LogP contribution >= 0.6 is 0 Å². The van der Waals surface area contributed by atoms with Gasteiger partial charge in [0.1, 0.15) is 11.6 Å². The highest BCUT2D eigenvalue weighted by atomic mass is 19.1. The maximum atomic E-state index is 13.1. The number of carbonyl (C=O) groups excluding carboxylic acids is 1. The fourth-order valence-corrected chi connectivity index (χ4v) is 2.09. The molecule has 0 aliphatic carbocycles. The van der Waals surface area contributed by atoms with Crippen LogP contribution in [0.1, 0.15) is 41.4 Å². The summed E-state index contributed by atoms with van der Waals surface area (Å²) in [6.45, 7) is 3.90. The van der Waals surface area contributed by atoms with Gasteiger partial charge in [-0.15, -0.1) is 0 Å². The van der Waals surface area contributed by atoms with Crippen molar-refractivity contribution in [2.45, 2.75) is 26.3 Å². The van der Waals surface area contributed by atoms with Gasteiger partial charge in [0.2, 0.25) is 0 Å². The summed E-state index contributed by atoms with van der Waals surface area (Å²) in [5, 5.41) is 2.73. The Bertz CT molecular complexity index is 617. The smallest absolute Gasteiger partial charge is 0.251 e. The largest absolute Gasteiger partial charge is 0.346 e. The number of benzene rings is 2. The van der Waals surface area contributed by atoms with Crippen LogP contribution in [0.15, 0.2) is 42.5 Å². The Balaban J connectivity index is 2.10. The summed E-state index contributed by atoms with van der Waals surface area (Å²) in [4.78, 5) is 12.0. The van der Waals surface area contributed by atoms with Gasteiger partial charge in [-0.05, 0) is 36.6 Å². The molecule has 1 amide bonds. The van der Waals surface area contributed by atoms with Crippen molar-refractivity contribution in [3.8, 4) is 0 Å². The number of hydrogen-bond acceptors (Lipinski definition) is 1. The molecule has 2 aromatic carbocycles. The fraction of sp³-hybridized carbons (Fsp3) is 0.235. The Kier molecular flexibility index (Phi) is 4.68. The first kappa shape index (κ1) is 15.2. The molecule has 110 valence electrons. The molecule has 0 fully saturated rings. The van der Waals surface area contributed by atoms with E-state index < -0.39 is 17.5 Å². The van der Waals surface area contributed by atoms with Gasteiger partial charge < -0.3 is 5.32 Å². The highest BCUT2D eigenvalue weighted by Crippen LogP contribution is 2.15. The quantitative estimate of drug-likeness (QED) is 0.905. The third-order valence-electron chi connectivity index (χ3n) is 3.36. The minimum absolute atomic E-state index is 0.0236. The Morgan fingerprint density at radius 2 is 1.67 bits per heavy atom. The van der Waals surface area contributed by atoms with Crippen LogP contribution in [0.4, 0.5) is 8.78 Å². The van der Waals surface area contributed by atoms with Crippen LogP contribution in [0.2, 0.25) is 0 Å². The molecule has 0 spiro atoms. The summed E-state index contributed by atoms with van der Waals surface area (Å²) in [5.41, 5.74) is 2.13. The molecular formula is C17H17F2NO. The highest BCUT2D eigenvalue weighted by Gasteiger charge is 2.13. The second-order valence-electron chi connectivity index (χ2n) is 4.95. The van der Waals surface area contributed by atoms with Crippen LogP contribution in [0, 0.1) is 11.6 Å². The average molecular weight is 289 g/mol. The summed E-state index contributed by atoms with van der Waals surface area (Å²) < 4.78 is 26.2. The van der Waals surface area contributed by atoms with Crippen molar-refractivity contribution in [1.29, 1.82) is 0 Å². The molecule has 1 N–H and O–H groups in total. The van der Waals surface area contributed by atoms with E-state index in [9.17, 15) is 13.6 Å². The van der Waals surface area contributed by atoms with Gasteiger partial charge in [0.05, 0.1) is 6.04 Å². The lowest BCUT2D eigenvalue weighted by molar-refractivity contribution is 0.0939. The Morgan fingerprint density at radius 3 is 2.19 bits per heavy atom. The topological polar surface area (TPSA) is 29.1 Å². The van der Waals surface area contributed by atoms with E-state index in [1.165, 1.54) is 5.56 Å². The van der Waals surface area contributed by atoms with Crippen molar-refractivity contribution >= 4 is 5.91 Å². The lowest BCUT2D eigenvalue weighted by atomic mass is 10.0. The number of halogens is 2.